The fraction of sp³-hybridized carbons (Fsp3) is 0.400. The van der Waals surface area contributed by atoms with Crippen molar-refractivity contribution in [3.8, 4) is 11.1 Å². The summed E-state index contributed by atoms with van der Waals surface area (Å²) in [7, 11) is 1.30. The summed E-state index contributed by atoms with van der Waals surface area (Å²) in [5.41, 5.74) is 3.13. The van der Waals surface area contributed by atoms with E-state index in [0.29, 0.717) is 0 Å². The van der Waals surface area contributed by atoms with Crippen molar-refractivity contribution in [3.05, 3.63) is 59.7 Å². The van der Waals surface area contributed by atoms with Gasteiger partial charge in [0, 0.05) is 13.0 Å². The average Bonchev–Trinajstić information content (AvgIpc) is 3.34. The molecule has 2 aromatic rings. The largest absolute Gasteiger partial charge is 0.480 e. The van der Waals surface area contributed by atoms with Crippen LogP contribution in [0.1, 0.15) is 44.4 Å². The maximum Gasteiger partial charge on any atom is 0.411 e. The van der Waals surface area contributed by atoms with E-state index >= 15 is 0 Å². The molecule has 0 unspecified atom stereocenters. The van der Waals surface area contributed by atoms with Crippen LogP contribution < -0.4 is 0 Å². The molecule has 1 aliphatic heterocycles. The third-order valence-electron chi connectivity index (χ3n) is 6.05. The van der Waals surface area contributed by atoms with Crippen molar-refractivity contribution in [2.45, 2.75) is 50.9 Å². The lowest BCUT2D eigenvalue weighted by atomic mass is 10.0. The van der Waals surface area contributed by atoms with E-state index in [1.807, 2.05) is 48.5 Å². The normalized spacial score (nSPS) is 19.6. The maximum absolute atomic E-state index is 13.1. The van der Waals surface area contributed by atoms with Crippen LogP contribution in [-0.2, 0) is 14.3 Å². The Labute approximate surface area is 192 Å². The van der Waals surface area contributed by atoms with Crippen LogP contribution in [0.5, 0.6) is 0 Å². The van der Waals surface area contributed by atoms with Crippen molar-refractivity contribution in [2.24, 2.45) is 0 Å². The highest BCUT2D eigenvalue weighted by Crippen LogP contribution is 2.48. The van der Waals surface area contributed by atoms with Crippen molar-refractivity contribution in [1.29, 1.82) is 0 Å². The van der Waals surface area contributed by atoms with Gasteiger partial charge in [-0.05, 0) is 43.0 Å². The van der Waals surface area contributed by atoms with E-state index in [1.54, 1.807) is 25.7 Å². The van der Waals surface area contributed by atoms with Gasteiger partial charge in [-0.1, -0.05) is 48.5 Å². The van der Waals surface area contributed by atoms with E-state index in [9.17, 15) is 19.5 Å². The van der Waals surface area contributed by atoms with Gasteiger partial charge in [-0.3, -0.25) is 9.80 Å². The number of hydrogen-bond donors (Lipinski definition) is 1. The molecular formula is C25H28N2O6. The standard InChI is InChI=1S/C25H28N2O6/c1-25(2,3)33-23(30)26-14-15(13-20(26)22(28)29)27(24(31)32-4)21-18-11-7-5-9-16(18)17-10-6-8-12-19(17)21/h5-12,15,20-21H,13-14H2,1-4H3,(H,28,29)/t15-,20+/m1/s1. The highest BCUT2D eigenvalue weighted by molar-refractivity contribution is 5.83. The molecule has 0 radical (unpaired) electrons. The minimum atomic E-state index is -1.14. The Balaban J connectivity index is 1.74. The first-order chi connectivity index (χ1) is 15.6. The number of nitrogens with zero attached hydrogens (tertiary/aromatic N) is 2. The van der Waals surface area contributed by atoms with E-state index in [0.717, 1.165) is 22.3 Å². The van der Waals surface area contributed by atoms with Gasteiger partial charge in [-0.15, -0.1) is 0 Å². The van der Waals surface area contributed by atoms with Gasteiger partial charge in [0.15, 0.2) is 0 Å². The van der Waals surface area contributed by atoms with Crippen molar-refractivity contribution in [2.75, 3.05) is 13.7 Å². The van der Waals surface area contributed by atoms with Gasteiger partial charge < -0.3 is 14.6 Å². The second-order valence-corrected chi connectivity index (χ2v) is 9.33. The molecule has 33 heavy (non-hydrogen) atoms. The third-order valence-corrected chi connectivity index (χ3v) is 6.05. The molecule has 2 amide bonds. The highest BCUT2D eigenvalue weighted by Gasteiger charge is 2.48. The molecule has 0 aromatic heterocycles. The molecule has 1 fully saturated rings. The van der Waals surface area contributed by atoms with Crippen LogP contribution >= 0.6 is 0 Å². The second-order valence-electron chi connectivity index (χ2n) is 9.33. The van der Waals surface area contributed by atoms with Gasteiger partial charge in [0.2, 0.25) is 0 Å². The zero-order valence-electron chi connectivity index (χ0n) is 19.1. The molecule has 8 heteroatoms. The number of methoxy groups -OCH3 is 1. The molecule has 4 rings (SSSR count). The monoisotopic (exact) mass is 452 g/mol. The zero-order valence-corrected chi connectivity index (χ0v) is 19.1. The summed E-state index contributed by atoms with van der Waals surface area (Å²) in [5, 5.41) is 9.82. The fourth-order valence-corrected chi connectivity index (χ4v) is 4.77. The van der Waals surface area contributed by atoms with Crippen LogP contribution in [0.25, 0.3) is 11.1 Å². The van der Waals surface area contributed by atoms with Crippen LogP contribution in [0.2, 0.25) is 0 Å². The number of benzene rings is 2. The SMILES string of the molecule is COC(=O)N(C1c2ccccc2-c2ccccc21)[C@@H]1C[C@@H](C(=O)O)N(C(=O)OC(C)(C)C)C1. The van der Waals surface area contributed by atoms with Gasteiger partial charge in [-0.2, -0.15) is 0 Å². The van der Waals surface area contributed by atoms with Gasteiger partial charge in [0.25, 0.3) is 0 Å². The number of amides is 2. The number of carbonyl (C=O) groups is 3. The van der Waals surface area contributed by atoms with E-state index < -0.39 is 41.9 Å². The first-order valence-corrected chi connectivity index (χ1v) is 10.9. The first kappa shape index (κ1) is 22.6. The van der Waals surface area contributed by atoms with Gasteiger partial charge in [0.1, 0.15) is 11.6 Å². The summed E-state index contributed by atoms with van der Waals surface area (Å²) in [6.45, 7) is 5.20. The van der Waals surface area contributed by atoms with E-state index in [4.69, 9.17) is 9.47 Å². The minimum Gasteiger partial charge on any atom is -0.480 e. The Hall–Kier alpha value is -3.55. The van der Waals surface area contributed by atoms with Crippen molar-refractivity contribution >= 4 is 18.2 Å². The van der Waals surface area contributed by atoms with Crippen LogP contribution in [-0.4, -0.2) is 64.4 Å². The lowest BCUT2D eigenvalue weighted by Crippen LogP contribution is -2.46. The first-order valence-electron chi connectivity index (χ1n) is 10.9. The summed E-state index contributed by atoms with van der Waals surface area (Å²) >= 11 is 0. The lowest BCUT2D eigenvalue weighted by molar-refractivity contribution is -0.142. The Kier molecular flexibility index (Phi) is 5.78. The summed E-state index contributed by atoms with van der Waals surface area (Å²) in [6.07, 6.45) is -1.22. The van der Waals surface area contributed by atoms with E-state index in [1.165, 1.54) is 12.0 Å². The number of likely N-dealkylation sites (tertiary alicyclic amines) is 1. The quantitative estimate of drug-likeness (QED) is 0.746. The van der Waals surface area contributed by atoms with Gasteiger partial charge >= 0.3 is 18.2 Å². The summed E-state index contributed by atoms with van der Waals surface area (Å²) in [6, 6.07) is 13.5. The van der Waals surface area contributed by atoms with Crippen LogP contribution in [0.15, 0.2) is 48.5 Å². The molecule has 174 valence electrons. The molecule has 1 N–H and O–H groups in total. The number of carboxylic acids is 1. The molecule has 2 aromatic carbocycles. The molecule has 0 saturated carbocycles. The number of rotatable bonds is 3. The Bertz CT molecular complexity index is 1050. The number of carbonyl (C=O) groups excluding carboxylic acids is 2. The minimum absolute atomic E-state index is 0.0296. The predicted molar refractivity (Wildman–Crippen MR) is 121 cm³/mol. The Morgan fingerprint density at radius 2 is 1.55 bits per heavy atom. The summed E-state index contributed by atoms with van der Waals surface area (Å²) < 4.78 is 10.6. The summed E-state index contributed by atoms with van der Waals surface area (Å²) in [4.78, 5) is 40.7. The third kappa shape index (κ3) is 4.13. The van der Waals surface area contributed by atoms with Crippen LogP contribution in [0.3, 0.4) is 0 Å². The lowest BCUT2D eigenvalue weighted by Gasteiger charge is -2.34. The Morgan fingerprint density at radius 1 is 1.00 bits per heavy atom. The zero-order chi connectivity index (χ0) is 23.9. The molecular weight excluding hydrogens is 424 g/mol. The topological polar surface area (TPSA) is 96.4 Å². The number of carboxylic acid groups (broad SMARTS) is 1. The fourth-order valence-electron chi connectivity index (χ4n) is 4.77. The molecule has 1 aliphatic carbocycles. The van der Waals surface area contributed by atoms with Crippen LogP contribution in [0.4, 0.5) is 9.59 Å². The predicted octanol–water partition coefficient (Wildman–Crippen LogP) is 4.29. The molecule has 0 bridgehead atoms. The van der Waals surface area contributed by atoms with Gasteiger partial charge in [0.05, 0.1) is 19.2 Å². The highest BCUT2D eigenvalue weighted by atomic mass is 16.6. The van der Waals surface area contributed by atoms with Gasteiger partial charge in [-0.25, -0.2) is 14.4 Å². The number of fused-ring (bicyclic) bond motifs is 3. The smallest absolute Gasteiger partial charge is 0.411 e. The van der Waals surface area contributed by atoms with Crippen molar-refractivity contribution < 1.29 is 29.0 Å². The van der Waals surface area contributed by atoms with E-state index in [-0.39, 0.29) is 13.0 Å². The molecule has 1 heterocycles. The molecule has 1 saturated heterocycles. The van der Waals surface area contributed by atoms with Crippen molar-refractivity contribution in [3.63, 3.8) is 0 Å². The number of aliphatic carboxylic acids is 1. The maximum atomic E-state index is 13.1. The van der Waals surface area contributed by atoms with Crippen molar-refractivity contribution in [1.82, 2.24) is 9.80 Å². The molecule has 0 spiro atoms. The number of hydrogen-bond acceptors (Lipinski definition) is 5. The second kappa shape index (κ2) is 8.42. The van der Waals surface area contributed by atoms with Crippen LogP contribution in [0, 0.1) is 0 Å². The number of ether oxygens (including phenoxy) is 2. The summed E-state index contributed by atoms with van der Waals surface area (Å²) in [5.74, 6) is -1.14. The molecule has 2 aliphatic rings. The molecule has 8 nitrogen and oxygen atoms in total. The van der Waals surface area contributed by atoms with E-state index in [2.05, 4.69) is 0 Å². The Morgan fingerprint density at radius 3 is 2.03 bits per heavy atom. The molecule has 2 atom stereocenters. The average molecular weight is 453 g/mol.